The topological polar surface area (TPSA) is 17.0 Å². The van der Waals surface area contributed by atoms with E-state index in [-0.39, 0.29) is 6.42 Å². The number of aromatic nitrogens is 1. The van der Waals surface area contributed by atoms with Gasteiger partial charge in [0, 0.05) is 31.9 Å². The first-order valence-corrected chi connectivity index (χ1v) is 4.87. The summed E-state index contributed by atoms with van der Waals surface area (Å²) in [6.07, 6.45) is -0.944. The molecule has 5 heteroatoms. The van der Waals surface area contributed by atoms with Crippen LogP contribution >= 0.6 is 0 Å². The second-order valence-electron chi connectivity index (χ2n) is 3.51. The van der Waals surface area contributed by atoms with Crippen LogP contribution in [-0.2, 0) is 13.1 Å². The molecule has 0 fully saturated rings. The molecule has 0 aliphatic heterocycles. The molecular formula is C10H15F3N2. The van der Waals surface area contributed by atoms with Gasteiger partial charge in [-0.05, 0) is 25.1 Å². The predicted molar refractivity (Wildman–Crippen MR) is 52.5 cm³/mol. The zero-order valence-corrected chi connectivity index (χ0v) is 8.64. The van der Waals surface area contributed by atoms with Crippen molar-refractivity contribution in [2.75, 3.05) is 7.05 Å². The highest BCUT2D eigenvalue weighted by molar-refractivity contribution is 5.09. The molecule has 0 saturated carbocycles. The Morgan fingerprint density at radius 2 is 2.13 bits per heavy atom. The first kappa shape index (κ1) is 12.1. The molecule has 0 amide bonds. The average Bonchev–Trinajstić information content (AvgIpc) is 2.51. The fourth-order valence-electron chi connectivity index (χ4n) is 1.40. The molecule has 0 aromatic carbocycles. The molecule has 86 valence electrons. The molecule has 0 aliphatic rings. The largest absolute Gasteiger partial charge is 0.389 e. The highest BCUT2D eigenvalue weighted by Gasteiger charge is 2.25. The predicted octanol–water partition coefficient (Wildman–Crippen LogP) is 2.55. The van der Waals surface area contributed by atoms with Crippen molar-refractivity contribution >= 4 is 0 Å². The first-order chi connectivity index (χ1) is 7.01. The average molecular weight is 220 g/mol. The molecule has 0 unspecified atom stereocenters. The van der Waals surface area contributed by atoms with Crippen LogP contribution in [0.15, 0.2) is 18.5 Å². The first-order valence-electron chi connectivity index (χ1n) is 4.87. The number of halogens is 3. The maximum atomic E-state index is 11.9. The van der Waals surface area contributed by atoms with Crippen molar-refractivity contribution in [1.29, 1.82) is 0 Å². The number of alkyl halides is 3. The van der Waals surface area contributed by atoms with Crippen molar-refractivity contribution in [1.82, 2.24) is 9.88 Å². The van der Waals surface area contributed by atoms with E-state index in [1.54, 1.807) is 4.57 Å². The normalized spacial score (nSPS) is 12.0. The van der Waals surface area contributed by atoms with E-state index in [1.165, 1.54) is 0 Å². The molecule has 0 spiro atoms. The summed E-state index contributed by atoms with van der Waals surface area (Å²) >= 11 is 0. The molecule has 1 heterocycles. The third-order valence-electron chi connectivity index (χ3n) is 2.07. The summed E-state index contributed by atoms with van der Waals surface area (Å²) in [6, 6.07) is 1.91. The van der Waals surface area contributed by atoms with Gasteiger partial charge in [-0.15, -0.1) is 0 Å². The lowest BCUT2D eigenvalue weighted by Gasteiger charge is -2.06. The highest BCUT2D eigenvalue weighted by atomic mass is 19.4. The minimum atomic E-state index is -4.04. The van der Waals surface area contributed by atoms with Crippen molar-refractivity contribution in [2.24, 2.45) is 0 Å². The van der Waals surface area contributed by atoms with E-state index >= 15 is 0 Å². The quantitative estimate of drug-likeness (QED) is 0.807. The molecule has 0 aliphatic carbocycles. The number of hydrogen-bond donors (Lipinski definition) is 1. The highest BCUT2D eigenvalue weighted by Crippen LogP contribution is 2.21. The van der Waals surface area contributed by atoms with Crippen molar-refractivity contribution in [3.63, 3.8) is 0 Å². The minimum Gasteiger partial charge on any atom is -0.354 e. The summed E-state index contributed by atoms with van der Waals surface area (Å²) in [5.74, 6) is 0. The molecule has 0 radical (unpaired) electrons. The Morgan fingerprint density at radius 3 is 2.73 bits per heavy atom. The van der Waals surface area contributed by atoms with Crippen LogP contribution < -0.4 is 5.32 Å². The van der Waals surface area contributed by atoms with Gasteiger partial charge >= 0.3 is 6.18 Å². The Labute approximate surface area is 87.1 Å². The number of aryl methyl sites for hydroxylation is 1. The van der Waals surface area contributed by atoms with E-state index < -0.39 is 12.6 Å². The molecule has 1 aromatic rings. The van der Waals surface area contributed by atoms with Gasteiger partial charge in [0.25, 0.3) is 0 Å². The van der Waals surface area contributed by atoms with E-state index in [0.29, 0.717) is 6.54 Å². The van der Waals surface area contributed by atoms with Crippen molar-refractivity contribution in [3.05, 3.63) is 24.0 Å². The van der Waals surface area contributed by atoms with E-state index in [0.717, 1.165) is 12.1 Å². The van der Waals surface area contributed by atoms with Crippen LogP contribution in [0.25, 0.3) is 0 Å². The van der Waals surface area contributed by atoms with E-state index in [2.05, 4.69) is 5.32 Å². The molecule has 2 nitrogen and oxygen atoms in total. The number of nitrogens with one attached hydrogen (secondary N) is 1. The van der Waals surface area contributed by atoms with Gasteiger partial charge in [0.15, 0.2) is 0 Å². The Balaban J connectivity index is 2.31. The van der Waals surface area contributed by atoms with Gasteiger partial charge in [-0.3, -0.25) is 0 Å². The summed E-state index contributed by atoms with van der Waals surface area (Å²) < 4.78 is 37.4. The third-order valence-corrected chi connectivity index (χ3v) is 2.07. The lowest BCUT2D eigenvalue weighted by atomic mass is 10.3. The van der Waals surface area contributed by atoms with Crippen LogP contribution in [0.4, 0.5) is 13.2 Å². The Kier molecular flexibility index (Phi) is 4.20. The second kappa shape index (κ2) is 5.21. The van der Waals surface area contributed by atoms with Crippen molar-refractivity contribution < 1.29 is 13.2 Å². The second-order valence-corrected chi connectivity index (χ2v) is 3.51. The van der Waals surface area contributed by atoms with Gasteiger partial charge in [0.2, 0.25) is 0 Å². The third kappa shape index (κ3) is 4.88. The van der Waals surface area contributed by atoms with Crippen LogP contribution in [0.5, 0.6) is 0 Å². The molecule has 0 bridgehead atoms. The van der Waals surface area contributed by atoms with Crippen LogP contribution in [0.1, 0.15) is 18.4 Å². The molecule has 0 atom stereocenters. The standard InChI is InChI=1S/C10H15F3N2/c1-14-7-9-3-6-15(8-9)5-2-4-10(11,12)13/h3,6,8,14H,2,4-5,7H2,1H3. The summed E-state index contributed by atoms with van der Waals surface area (Å²) in [6.45, 7) is 1.16. The van der Waals surface area contributed by atoms with Crippen molar-refractivity contribution in [3.8, 4) is 0 Å². The van der Waals surface area contributed by atoms with Gasteiger partial charge in [-0.25, -0.2) is 0 Å². The molecule has 1 aromatic heterocycles. The maximum absolute atomic E-state index is 11.9. The van der Waals surface area contributed by atoms with Gasteiger partial charge < -0.3 is 9.88 Å². The Bertz CT molecular complexity index is 291. The number of nitrogens with zero attached hydrogens (tertiary/aromatic N) is 1. The Hall–Kier alpha value is -0.970. The maximum Gasteiger partial charge on any atom is 0.389 e. The zero-order valence-electron chi connectivity index (χ0n) is 8.64. The fraction of sp³-hybridized carbons (Fsp3) is 0.600. The SMILES string of the molecule is CNCc1ccn(CCCC(F)(F)F)c1. The van der Waals surface area contributed by atoms with Crippen molar-refractivity contribution in [2.45, 2.75) is 32.1 Å². The van der Waals surface area contributed by atoms with Gasteiger partial charge in [0.1, 0.15) is 0 Å². The smallest absolute Gasteiger partial charge is 0.354 e. The summed E-state index contributed by atoms with van der Waals surface area (Å²) in [7, 11) is 1.83. The molecule has 15 heavy (non-hydrogen) atoms. The number of hydrogen-bond acceptors (Lipinski definition) is 1. The number of rotatable bonds is 5. The molecule has 0 saturated heterocycles. The summed E-state index contributed by atoms with van der Waals surface area (Å²) in [5.41, 5.74) is 1.09. The fourth-order valence-corrected chi connectivity index (χ4v) is 1.40. The van der Waals surface area contributed by atoms with E-state index in [4.69, 9.17) is 0 Å². The summed E-state index contributed by atoms with van der Waals surface area (Å²) in [5, 5.41) is 2.98. The van der Waals surface area contributed by atoms with Gasteiger partial charge in [-0.1, -0.05) is 0 Å². The van der Waals surface area contributed by atoms with Crippen LogP contribution in [-0.4, -0.2) is 17.8 Å². The zero-order chi connectivity index (χ0) is 11.3. The Morgan fingerprint density at radius 1 is 1.40 bits per heavy atom. The molecular weight excluding hydrogens is 205 g/mol. The van der Waals surface area contributed by atoms with Gasteiger partial charge in [-0.2, -0.15) is 13.2 Å². The van der Waals surface area contributed by atoms with E-state index in [9.17, 15) is 13.2 Å². The minimum absolute atomic E-state index is 0.136. The van der Waals surface area contributed by atoms with Crippen LogP contribution in [0, 0.1) is 0 Å². The van der Waals surface area contributed by atoms with Crippen LogP contribution in [0.2, 0.25) is 0 Å². The molecule has 1 N–H and O–H groups in total. The van der Waals surface area contributed by atoms with Gasteiger partial charge in [0.05, 0.1) is 0 Å². The lowest BCUT2D eigenvalue weighted by Crippen LogP contribution is -2.08. The molecule has 1 rings (SSSR count). The summed E-state index contributed by atoms with van der Waals surface area (Å²) in [4.78, 5) is 0. The monoisotopic (exact) mass is 220 g/mol. The van der Waals surface area contributed by atoms with E-state index in [1.807, 2.05) is 25.5 Å². The van der Waals surface area contributed by atoms with Crippen LogP contribution in [0.3, 0.4) is 0 Å². The lowest BCUT2D eigenvalue weighted by molar-refractivity contribution is -0.135.